The largest absolute Gasteiger partial charge is 0.508 e. The van der Waals surface area contributed by atoms with Crippen LogP contribution in [-0.4, -0.2) is 96.0 Å². The third kappa shape index (κ3) is 23.2. The van der Waals surface area contributed by atoms with E-state index in [-0.39, 0.29) is 63.1 Å². The van der Waals surface area contributed by atoms with Gasteiger partial charge in [0.1, 0.15) is 31.3 Å². The molecule has 2 amide bonds. The summed E-state index contributed by atoms with van der Waals surface area (Å²) in [4.78, 5) is 64.3. The van der Waals surface area contributed by atoms with Gasteiger partial charge >= 0.3 is 35.6 Å². The van der Waals surface area contributed by atoms with Gasteiger partial charge in [-0.2, -0.15) is 19.9 Å². The average Bonchev–Trinajstić information content (AvgIpc) is 3.35. The lowest BCUT2D eigenvalue weighted by atomic mass is 10.2. The van der Waals surface area contributed by atoms with E-state index in [1.165, 1.54) is 24.3 Å². The van der Waals surface area contributed by atoms with Crippen molar-refractivity contribution >= 4 is 62.8 Å². The van der Waals surface area contributed by atoms with Crippen molar-refractivity contribution in [3.05, 3.63) is 131 Å². The fourth-order valence-electron chi connectivity index (χ4n) is 4.76. The first kappa shape index (κ1) is 62.2. The van der Waals surface area contributed by atoms with Crippen molar-refractivity contribution in [2.45, 2.75) is 26.9 Å². The van der Waals surface area contributed by atoms with Crippen molar-refractivity contribution in [2.24, 2.45) is 22.1 Å². The van der Waals surface area contributed by atoms with Crippen LogP contribution in [-0.2, 0) is 32.6 Å². The third-order valence-corrected chi connectivity index (χ3v) is 7.78. The molecule has 31 heteroatoms. The van der Waals surface area contributed by atoms with Gasteiger partial charge in [0.05, 0.1) is 36.1 Å². The van der Waals surface area contributed by atoms with Crippen molar-refractivity contribution in [2.75, 3.05) is 59.6 Å². The van der Waals surface area contributed by atoms with Crippen LogP contribution < -0.4 is 47.2 Å². The molecule has 0 spiro atoms. The van der Waals surface area contributed by atoms with Gasteiger partial charge in [-0.15, -0.1) is 6.58 Å². The zero-order valence-electron chi connectivity index (χ0n) is 38.2. The second-order valence-corrected chi connectivity index (χ2v) is 12.8. The summed E-state index contributed by atoms with van der Waals surface area (Å²) in [5.41, 5.74) is 11.3. The Bertz CT molecular complexity index is 2360. The number of nitro groups is 2. The molecule has 386 valence electrons. The number of nitrogens with zero attached hydrogens (tertiary/aromatic N) is 10. The Morgan fingerprint density at radius 3 is 1.44 bits per heavy atom. The first-order valence-corrected chi connectivity index (χ1v) is 20.8. The molecule has 0 bridgehead atoms. The van der Waals surface area contributed by atoms with Crippen molar-refractivity contribution in [1.82, 2.24) is 19.9 Å². The van der Waals surface area contributed by atoms with E-state index in [2.05, 4.69) is 94.4 Å². The summed E-state index contributed by atoms with van der Waals surface area (Å²) in [7, 11) is 0. The van der Waals surface area contributed by atoms with E-state index in [1.807, 2.05) is 0 Å². The summed E-state index contributed by atoms with van der Waals surface area (Å²) in [5.74, 6) is 7.55. The zero-order valence-corrected chi connectivity index (χ0v) is 39.8. The molecule has 2 aromatic carbocycles. The highest BCUT2D eigenvalue weighted by Crippen LogP contribution is 2.36. The molecule has 0 atom stereocenters. The molecule has 0 saturated heterocycles. The highest BCUT2D eigenvalue weighted by atomic mass is 79.9. The van der Waals surface area contributed by atoms with Crippen LogP contribution in [0.3, 0.4) is 0 Å². The Morgan fingerprint density at radius 2 is 1.10 bits per heavy atom. The van der Waals surface area contributed by atoms with E-state index in [1.54, 1.807) is 62.4 Å². The lowest BCUT2D eigenvalue weighted by molar-refractivity contribution is -0.611. The zero-order chi connectivity index (χ0) is 53.7. The fraction of sp³-hybridized carbons (Fsp3) is 0.250. The Labute approximate surface area is 413 Å². The molecule has 30 nitrogen and oxygen atoms in total. The van der Waals surface area contributed by atoms with Crippen molar-refractivity contribution in [3.8, 4) is 23.5 Å². The van der Waals surface area contributed by atoms with E-state index < -0.39 is 50.9 Å². The van der Waals surface area contributed by atoms with Crippen LogP contribution in [0.4, 0.5) is 44.2 Å². The summed E-state index contributed by atoms with van der Waals surface area (Å²) in [5, 5.41) is 58.0. The molecule has 4 rings (SSSR count). The molecule has 4 aromatic rings. The number of allylic oxidation sites excluding steroid dienone is 1. The lowest BCUT2D eigenvalue weighted by Gasteiger charge is -2.21. The molecule has 71 heavy (non-hydrogen) atoms. The average molecular weight is 1070 g/mol. The minimum absolute atomic E-state index is 0.0304. The maximum atomic E-state index is 12.7. The lowest BCUT2D eigenvalue weighted by Crippen LogP contribution is -2.33. The van der Waals surface area contributed by atoms with E-state index >= 15 is 0 Å². The van der Waals surface area contributed by atoms with Gasteiger partial charge in [0, 0.05) is 5.33 Å². The molecule has 11 N–H and O–H groups in total. The van der Waals surface area contributed by atoms with E-state index in [0.717, 1.165) is 15.1 Å². The molecule has 0 radical (unpaired) electrons. The first-order chi connectivity index (χ1) is 34.0. The Hall–Kier alpha value is -8.78. The maximum absolute atomic E-state index is 12.7. The Balaban J connectivity index is 0.00000113. The first-order valence-electron chi connectivity index (χ1n) is 19.7. The normalized spacial score (nSPS) is 9.70. The van der Waals surface area contributed by atoms with E-state index in [9.17, 15) is 34.9 Å². The van der Waals surface area contributed by atoms with Gasteiger partial charge in [-0.05, 0) is 59.3 Å². The third-order valence-electron chi connectivity index (χ3n) is 7.32. The minimum atomic E-state index is -0.887. The van der Waals surface area contributed by atoms with E-state index in [4.69, 9.17) is 45.7 Å². The standard InChI is InChI=1S/C20H23N5O6.C17H19N5O6.C3H5Br.H4N4.H2O4/c1-4-10-30-15-9-7-8-14(12-15)13-24(20(26)29-6-3)18-16(25(27)28)17(21)22-19(23-18)31-11-5-2;1-3-8-28-16-19-14(18)13(22(25)26)15(20-16)21(17(24)27-4-2)10-11-6-5-7-12(23)9-11;1-2-3-4;2*1-3-4-2/h4-5,7-9,12H,1-2,6,10-11,13H2,3H3,(H2,21,22,23);3,5-7,9,23H,1,4,8,10H2,2H3,(H2,18,19,20);2H,1,3H2;(H2,1,4)(H2,2,3);1-2H. The molecular weight excluding hydrogens is 1010 g/mol. The van der Waals surface area contributed by atoms with Crippen LogP contribution >= 0.6 is 15.9 Å². The van der Waals surface area contributed by atoms with Crippen LogP contribution in [0.25, 0.3) is 0 Å². The molecule has 0 fully saturated rings. The number of anilines is 4. The Morgan fingerprint density at radius 1 is 0.704 bits per heavy atom. The molecular formula is C40H53BrN14O16. The molecule has 2 aromatic heterocycles. The molecule has 0 saturated carbocycles. The van der Waals surface area contributed by atoms with Crippen LogP contribution in [0, 0.1) is 20.2 Å². The molecule has 0 aliphatic rings. The van der Waals surface area contributed by atoms with Gasteiger partial charge in [-0.3, -0.25) is 30.0 Å². The maximum Gasteiger partial charge on any atom is 0.415 e. The quantitative estimate of drug-likeness (QED) is 0.00916. The number of nitrogen functional groups attached to an aromatic ring is 2. The predicted molar refractivity (Wildman–Crippen MR) is 259 cm³/mol. The van der Waals surface area contributed by atoms with Crippen LogP contribution in [0.2, 0.25) is 0 Å². The minimum Gasteiger partial charge on any atom is -0.508 e. The number of halogens is 1. The van der Waals surface area contributed by atoms with Crippen LogP contribution in [0.5, 0.6) is 23.5 Å². The number of carbonyl (C=O) groups excluding carboxylic acids is 2. The van der Waals surface area contributed by atoms with Gasteiger partial charge in [0.2, 0.25) is 23.3 Å². The highest BCUT2D eigenvalue weighted by molar-refractivity contribution is 9.09. The number of amides is 2. The van der Waals surface area contributed by atoms with Gasteiger partial charge in [0.15, 0.2) is 0 Å². The van der Waals surface area contributed by atoms with Crippen LogP contribution in [0.15, 0.2) is 110 Å². The number of hydrogen-bond acceptors (Lipinski definition) is 24. The Kier molecular flexibility index (Phi) is 31.8. The summed E-state index contributed by atoms with van der Waals surface area (Å²) in [6, 6.07) is 12.4. The van der Waals surface area contributed by atoms with Crippen LogP contribution in [0.1, 0.15) is 25.0 Å². The van der Waals surface area contributed by atoms with E-state index in [0.29, 0.717) is 23.5 Å². The molecule has 0 aliphatic heterocycles. The summed E-state index contributed by atoms with van der Waals surface area (Å²) < 4.78 is 26.1. The topological polar surface area (TPSA) is 433 Å². The predicted octanol–water partition coefficient (Wildman–Crippen LogP) is 6.29. The number of rotatable bonds is 21. The van der Waals surface area contributed by atoms with Gasteiger partial charge in [0.25, 0.3) is 0 Å². The smallest absolute Gasteiger partial charge is 0.415 e. The summed E-state index contributed by atoms with van der Waals surface area (Å²) >= 11 is 3.13. The number of ether oxygens (including phenoxy) is 5. The molecule has 2 heterocycles. The summed E-state index contributed by atoms with van der Waals surface area (Å²) in [6.45, 7) is 17.4. The number of hydrogen-bond donors (Lipinski definition) is 7. The monoisotopic (exact) mass is 1060 g/mol. The fourth-order valence-corrected chi connectivity index (χ4v) is 4.76. The van der Waals surface area contributed by atoms with Gasteiger partial charge in [-0.1, -0.05) is 94.7 Å². The number of phenolic OH excluding ortho intramolecular Hbond substituents is 1. The number of aromatic nitrogens is 4. The van der Waals surface area contributed by atoms with Gasteiger partial charge < -0.3 is 51.9 Å². The van der Waals surface area contributed by atoms with Crippen molar-refractivity contribution in [3.63, 3.8) is 0 Å². The van der Waals surface area contributed by atoms with Crippen molar-refractivity contribution < 1.29 is 68.8 Å². The number of carbonyl (C=O) groups is 2. The number of phenols is 1. The second-order valence-electron chi connectivity index (χ2n) is 12.2. The SMILES string of the molecule is C=CCBr.C=CCOc1cccc(CN(C(=O)OCC)c2nc(OCC=C)nc(N)c2[N+](=O)[O-])c1.C=CCOc1nc(N)c([N+](=O)[O-])c(N(Cc2cccc(O)c2)C(=O)OCC)n1.N/N=N/N.OOOO. The second kappa shape index (κ2) is 36.3. The van der Waals surface area contributed by atoms with Gasteiger partial charge in [-0.25, -0.2) is 20.1 Å². The number of alkyl halides is 1. The molecule has 0 unspecified atom stereocenters. The number of benzene rings is 2. The number of aromatic hydroxyl groups is 1. The van der Waals surface area contributed by atoms with Crippen molar-refractivity contribution in [1.29, 1.82) is 0 Å². The summed E-state index contributed by atoms with van der Waals surface area (Å²) in [6.07, 6.45) is 4.52. The molecule has 0 aliphatic carbocycles. The number of nitrogens with two attached hydrogens (primary N) is 4. The highest BCUT2D eigenvalue weighted by Gasteiger charge is 2.34.